The largest absolute Gasteiger partial charge is 0.487 e. The summed E-state index contributed by atoms with van der Waals surface area (Å²) in [6.45, 7) is 22.9. The highest BCUT2D eigenvalue weighted by Crippen LogP contribution is 2.34. The molecule has 16 nitrogen and oxygen atoms in total. The molecule has 0 saturated carbocycles. The van der Waals surface area contributed by atoms with E-state index in [0.29, 0.717) is 39.7 Å². The molecule has 4 aliphatic rings. The van der Waals surface area contributed by atoms with Gasteiger partial charge < -0.3 is 44.5 Å². The number of rotatable bonds is 16. The van der Waals surface area contributed by atoms with Gasteiger partial charge in [-0.25, -0.2) is 4.79 Å². The quantitative estimate of drug-likeness (QED) is 0.0618. The standard InChI is InChI=1S/C19H22N2O2.C18H20N2O2.C17H17NO3.C17H17NO2.C2H7N.4C2H6.C2H2.8CH4.6H2/c1-20(2)19(22)17-10-9-15(14-7-5-4-6-8-14)11-18(17)23-16-12-21(3)13-16;1-20(2)18(21)16-9-8-14(13-6-4-3-5-7-13)10-17(16)22-15-11-19-12-15;1-18-10-14(11-18)21-16-9-13(7-8-15(16)17(19)20)12-5-3-2-4-6-12;1-18-10-16(11-18)20-17-9-14(7-8-15(17)12-19)13-5-3-2-4-6-13;1-3-2;5*1-2;;;;;;;;;;;;;;/h4-11,16H,12-13H2,1-3H3;3-10,15,19H,11-12H2,1-2H3;2-9,14H,10-11H2,1H3,(H,19,20);2-9,12,16H,10-11H2,1H3;3H,1-2H3;4*1-2H3;1-2H;8*1H4;6*1H/i;;;;;;;;;;;;;;;;;;4*1+1D;2*1+1. The molecule has 107 heavy (non-hydrogen) atoms. The highest BCUT2D eigenvalue weighted by Gasteiger charge is 2.30. The van der Waals surface area contributed by atoms with Crippen LogP contribution in [0.1, 0.15) is 171 Å². The first kappa shape index (κ1) is 99.5. The van der Waals surface area contributed by atoms with Gasteiger partial charge in [-0.2, -0.15) is 0 Å². The molecule has 3 N–H and O–H groups in total. The Balaban J connectivity index is -0.000000113. The Bertz CT molecular complexity index is 3680. The van der Waals surface area contributed by atoms with Crippen LogP contribution >= 0.6 is 0 Å². The fourth-order valence-corrected chi connectivity index (χ4v) is 10.1. The van der Waals surface area contributed by atoms with Gasteiger partial charge in [-0.1, -0.05) is 260 Å². The van der Waals surface area contributed by atoms with Crippen LogP contribution in [0.3, 0.4) is 0 Å². The highest BCUT2D eigenvalue weighted by molar-refractivity contribution is 5.98. The first-order chi connectivity index (χ1) is 52.0. The van der Waals surface area contributed by atoms with Crippen LogP contribution in [0, 0.1) is 12.8 Å². The summed E-state index contributed by atoms with van der Waals surface area (Å²) in [5.74, 6) is 1.42. The lowest BCUT2D eigenvalue weighted by Gasteiger charge is -2.36. The van der Waals surface area contributed by atoms with Gasteiger partial charge in [0.05, 0.1) is 16.7 Å². The Morgan fingerprint density at radius 2 is 0.645 bits per heavy atom. The number of benzene rings is 8. The molecule has 0 spiro atoms. The number of likely N-dealkylation sites (N-methyl/N-ethyl adjacent to an activating group) is 3. The number of amides is 2. The number of likely N-dealkylation sites (tertiary alicyclic amines) is 3. The van der Waals surface area contributed by atoms with E-state index >= 15 is 0 Å². The minimum absolute atomic E-state index is 0. The zero-order valence-corrected chi connectivity index (χ0v) is 61.6. The Kier molecular flexibility index (Phi) is 55.3. The molecule has 606 valence electrons. The van der Waals surface area contributed by atoms with E-state index in [-0.39, 0.29) is 104 Å². The van der Waals surface area contributed by atoms with Gasteiger partial charge >= 0.3 is 5.97 Å². The molecule has 0 bridgehead atoms. The summed E-state index contributed by atoms with van der Waals surface area (Å²) in [5.41, 5.74) is 10.6. The number of nitrogens with zero attached hydrogens (tertiary/aromatic N) is 5. The van der Waals surface area contributed by atoms with Crippen molar-refractivity contribution in [3.05, 3.63) is 216 Å². The third-order valence-electron chi connectivity index (χ3n) is 15.0. The van der Waals surface area contributed by atoms with Gasteiger partial charge in [-0.05, 0) is 128 Å². The second-order valence-electron chi connectivity index (χ2n) is 23.0. The smallest absolute Gasteiger partial charge is 0.339 e. The Labute approximate surface area is 666 Å². The molecule has 4 fully saturated rings. The van der Waals surface area contributed by atoms with Gasteiger partial charge in [0, 0.05) is 95.3 Å². The zero-order chi connectivity index (χ0) is 81.4. The van der Waals surface area contributed by atoms with E-state index < -0.39 is 5.97 Å². The lowest BCUT2D eigenvalue weighted by Crippen LogP contribution is -2.51. The van der Waals surface area contributed by atoms with Gasteiger partial charge in [-0.15, -0.1) is 12.8 Å². The molecule has 4 aliphatic heterocycles. The van der Waals surface area contributed by atoms with Crippen molar-refractivity contribution in [2.45, 2.75) is 139 Å². The fourth-order valence-electron chi connectivity index (χ4n) is 10.1. The van der Waals surface area contributed by atoms with E-state index in [1.165, 1.54) is 0 Å². The second-order valence-corrected chi connectivity index (χ2v) is 23.0. The van der Waals surface area contributed by atoms with E-state index in [0.717, 1.165) is 103 Å². The number of hydrogen-bond acceptors (Lipinski definition) is 13. The minimum atomic E-state index is -0.961. The first-order valence-corrected chi connectivity index (χ1v) is 34.2. The Morgan fingerprint density at radius 3 is 0.879 bits per heavy atom. The maximum Gasteiger partial charge on any atom is 0.339 e. The van der Waals surface area contributed by atoms with Crippen LogP contribution in [-0.4, -0.2) is 194 Å². The van der Waals surface area contributed by atoms with Crippen LogP contribution in [-0.2, 0) is 0 Å². The number of carbonyl (C=O) groups excluding carboxylic acids is 3. The van der Waals surface area contributed by atoms with Crippen molar-refractivity contribution in [1.29, 1.82) is 0 Å². The first-order valence-electron chi connectivity index (χ1n) is 38.2. The summed E-state index contributed by atoms with van der Waals surface area (Å²) in [4.78, 5) is 56.9. The van der Waals surface area contributed by atoms with Gasteiger partial charge in [0.15, 0.2) is 6.29 Å². The minimum Gasteiger partial charge on any atom is -0.487 e. The molecule has 0 radical (unpaired) electrons. The predicted molar refractivity (Wildman–Crippen MR) is 476 cm³/mol. The maximum atomic E-state index is 12.4. The fraction of sp³-hybridized carbons (Fsp3) is 0.407. The van der Waals surface area contributed by atoms with E-state index in [1.54, 1.807) is 44.1 Å². The highest BCUT2D eigenvalue weighted by atomic mass is 16.5. The molecule has 4 heterocycles. The van der Waals surface area contributed by atoms with E-state index in [2.05, 4.69) is 88.7 Å². The molecular weight excluding hydrogens is 1340 g/mol. The number of ether oxygens (including phenoxy) is 4. The number of aromatic carboxylic acids is 1. The van der Waals surface area contributed by atoms with Crippen molar-refractivity contribution in [3.63, 3.8) is 0 Å². The van der Waals surface area contributed by atoms with Gasteiger partial charge in [0.1, 0.15) is 53.0 Å². The molecule has 12 rings (SSSR count). The molecule has 0 aliphatic carbocycles. The van der Waals surface area contributed by atoms with Crippen LogP contribution < -0.4 is 29.6 Å². The third kappa shape index (κ3) is 34.2. The van der Waals surface area contributed by atoms with Crippen LogP contribution in [0.25, 0.3) is 44.5 Å². The third-order valence-corrected chi connectivity index (χ3v) is 15.0. The van der Waals surface area contributed by atoms with Gasteiger partial charge in [0.25, 0.3) is 11.8 Å². The number of terminal acetylenes is 1. The predicted octanol–water partition coefficient (Wildman–Crippen LogP) is 21.5. The van der Waals surface area contributed by atoms with Crippen LogP contribution in [0.15, 0.2) is 194 Å². The van der Waals surface area contributed by atoms with Crippen molar-refractivity contribution in [2.75, 3.05) is 116 Å². The lowest BCUT2D eigenvalue weighted by molar-refractivity contribution is 0.0369. The molecule has 0 atom stereocenters. The second kappa shape index (κ2) is 59.5. The molecule has 4 saturated heterocycles. The molecule has 2 amide bonds. The van der Waals surface area contributed by atoms with E-state index in [4.69, 9.17) is 30.8 Å². The topological polar surface area (TPSA) is 166 Å². The molecule has 0 unspecified atom stereocenters. The summed E-state index contributed by atoms with van der Waals surface area (Å²) in [6.07, 6.45) is 9.40. The molecule has 8 aromatic carbocycles. The number of carbonyl (C=O) groups is 4. The number of carboxylic acids is 1. The summed E-state index contributed by atoms with van der Waals surface area (Å²) in [7, 11) is 16.9. The molecule has 8 aromatic rings. The summed E-state index contributed by atoms with van der Waals surface area (Å²) in [6, 6.07) is 62.8. The lowest BCUT2D eigenvalue weighted by atomic mass is 10.0. The van der Waals surface area contributed by atoms with Crippen LogP contribution in [0.5, 0.6) is 23.0 Å². The van der Waals surface area contributed by atoms with Gasteiger partial charge in [0.2, 0.25) is 0 Å². The Hall–Kier alpha value is -9.60. The number of nitrogens with one attached hydrogen (secondary N) is 2. The summed E-state index contributed by atoms with van der Waals surface area (Å²) < 4.78 is 63.9. The average molecular weight is 1500 g/mol. The molecule has 16 heteroatoms. The van der Waals surface area contributed by atoms with E-state index in [1.807, 2.05) is 228 Å². The normalized spacial score (nSPS) is 12.9. The van der Waals surface area contributed by atoms with E-state index in [9.17, 15) is 24.3 Å². The van der Waals surface area contributed by atoms with Crippen molar-refractivity contribution >= 4 is 24.1 Å². The summed E-state index contributed by atoms with van der Waals surface area (Å²) in [5, 5.41) is 15.2. The average Bonchev–Trinajstić information content (AvgIpc) is 0.816. The van der Waals surface area contributed by atoms with Gasteiger partial charge in [-0.3, -0.25) is 29.1 Å². The monoisotopic (exact) mass is 1500 g/mol. The van der Waals surface area contributed by atoms with Crippen molar-refractivity contribution < 1.29 is 58.0 Å². The summed E-state index contributed by atoms with van der Waals surface area (Å²) >= 11 is 0. The van der Waals surface area contributed by atoms with Crippen LogP contribution in [0.4, 0.5) is 0 Å². The number of hydrogen-bond donors (Lipinski definition) is 3. The Morgan fingerprint density at radius 1 is 0.411 bits per heavy atom. The van der Waals surface area contributed by atoms with Crippen LogP contribution in [0.2, 0.25) is 0 Å². The number of aldehydes is 1. The number of carboxylic acid groups (broad SMARTS) is 1. The zero-order valence-electron chi connectivity index (χ0n) is 69.6. The molecular formula is C91H153N7O9. The maximum absolute atomic E-state index is 12.4. The van der Waals surface area contributed by atoms with Crippen molar-refractivity contribution in [3.8, 4) is 80.4 Å². The SMILES string of the molecule is C.C.C.C.C.C.C.C.C#C.CC.CC.CC.CC.CN(C)C(=O)c1ccc(-c2ccccc2)cc1OC1CNC1.CN1CC(Oc2cc(-c3ccccc3)ccc2C(=O)N(C)C)C1.CN1CC(Oc2cc(-c3ccccc3)ccc2C(=O)O)C1.CN1CC(Oc2cc(-c3ccccc3)ccc2C=O)C1.CNC.[2HH].[2HH].[2H][2H].[2H][2H].[2H][2H].[2H][2H]. The van der Waals surface area contributed by atoms with Crippen molar-refractivity contribution in [2.24, 2.45) is 0 Å². The van der Waals surface area contributed by atoms with Crippen molar-refractivity contribution in [1.82, 2.24) is 35.1 Å². The molecule has 0 aromatic heterocycles.